The van der Waals surface area contributed by atoms with Gasteiger partial charge in [0.15, 0.2) is 12.2 Å². The fourth-order valence-electron chi connectivity index (χ4n) is 2.71. The summed E-state index contributed by atoms with van der Waals surface area (Å²) in [4.78, 5) is 73.2. The zero-order valence-electron chi connectivity index (χ0n) is 19.9. The molecule has 37 heavy (non-hydrogen) atoms. The Kier molecular flexibility index (Phi) is 15.9. The molecule has 1 rings (SSSR count). The molecule has 6 N–H and O–H groups in total. The van der Waals surface area contributed by atoms with Crippen molar-refractivity contribution in [2.45, 2.75) is 51.2 Å². The number of alkyl halides is 1. The van der Waals surface area contributed by atoms with E-state index in [-0.39, 0.29) is 23.7 Å². The molecule has 0 fully saturated rings. The zero-order chi connectivity index (χ0) is 28.4. The Hall–Kier alpha value is -4.36. The van der Waals surface area contributed by atoms with Crippen LogP contribution in [0.5, 0.6) is 0 Å². The number of aliphatic carboxylic acids is 2. The van der Waals surface area contributed by atoms with Gasteiger partial charge in [0.05, 0.1) is 0 Å². The molecule has 14 nitrogen and oxygen atoms in total. The molecule has 0 heterocycles. The molecule has 0 bridgehead atoms. The lowest BCUT2D eigenvalue weighted by Gasteiger charge is -2.22. The monoisotopic (exact) mass is 528 g/mol. The van der Waals surface area contributed by atoms with Gasteiger partial charge < -0.3 is 26.2 Å². The van der Waals surface area contributed by atoms with E-state index >= 15 is 0 Å². The van der Waals surface area contributed by atoms with E-state index in [0.29, 0.717) is 37.1 Å². The first kappa shape index (κ1) is 32.6. The van der Waals surface area contributed by atoms with E-state index in [2.05, 4.69) is 16.0 Å². The van der Waals surface area contributed by atoms with Crippen molar-refractivity contribution in [1.29, 1.82) is 0 Å². The van der Waals surface area contributed by atoms with Crippen LogP contribution in [0.2, 0.25) is 0 Å². The van der Waals surface area contributed by atoms with Gasteiger partial charge in [0.2, 0.25) is 0 Å². The summed E-state index contributed by atoms with van der Waals surface area (Å²) in [6, 6.07) is 3.23. The third kappa shape index (κ3) is 13.9. The van der Waals surface area contributed by atoms with Crippen LogP contribution in [0.1, 0.15) is 49.4 Å². The van der Waals surface area contributed by atoms with E-state index in [1.54, 1.807) is 0 Å². The van der Waals surface area contributed by atoms with Crippen molar-refractivity contribution in [2.24, 2.45) is 0 Å². The predicted molar refractivity (Wildman–Crippen MR) is 122 cm³/mol. The van der Waals surface area contributed by atoms with Gasteiger partial charge in [0, 0.05) is 30.8 Å². The predicted octanol–water partition coefficient (Wildman–Crippen LogP) is 1.02. The van der Waals surface area contributed by atoms with Crippen LogP contribution in [-0.4, -0.2) is 81.7 Å². The Morgan fingerprint density at radius 2 is 1.51 bits per heavy atom. The first-order valence-electron chi connectivity index (χ1n) is 11.0. The topological polar surface area (TPSA) is 220 Å². The maximum Gasteiger partial charge on any atom is 0.373 e. The number of urea groups is 1. The molecule has 204 valence electrons. The molecule has 1 unspecified atom stereocenters. The highest BCUT2D eigenvalue weighted by Gasteiger charge is 2.29. The quantitative estimate of drug-likeness (QED) is 0.114. The minimum Gasteiger partial charge on any atom is -0.481 e. The molecule has 1 aromatic rings. The molecule has 0 aliphatic heterocycles. The Bertz CT molecular complexity index is 949. The van der Waals surface area contributed by atoms with Gasteiger partial charge in [-0.2, -0.15) is 14.7 Å². The molecule has 15 heteroatoms. The molecule has 0 aliphatic rings. The van der Waals surface area contributed by atoms with Crippen molar-refractivity contribution in [3.05, 3.63) is 29.8 Å². The van der Waals surface area contributed by atoms with Gasteiger partial charge in [-0.1, -0.05) is 0 Å². The number of hydrogen-bond acceptors (Lipinski definition) is 8. The van der Waals surface area contributed by atoms with Crippen molar-refractivity contribution in [3.8, 4) is 0 Å². The molecule has 0 aromatic heterocycles. The van der Waals surface area contributed by atoms with Gasteiger partial charge in [-0.15, -0.1) is 0 Å². The lowest BCUT2D eigenvalue weighted by atomic mass is 10.1. The van der Waals surface area contributed by atoms with Crippen LogP contribution in [0, 0.1) is 0 Å². The molecule has 0 saturated carbocycles. The van der Waals surface area contributed by atoms with Crippen molar-refractivity contribution >= 4 is 41.6 Å². The van der Waals surface area contributed by atoms with E-state index in [1.807, 2.05) is 0 Å². The van der Waals surface area contributed by atoms with Crippen LogP contribution < -0.4 is 16.0 Å². The van der Waals surface area contributed by atoms with Crippen molar-refractivity contribution in [1.82, 2.24) is 15.7 Å². The van der Waals surface area contributed by atoms with E-state index in [1.165, 1.54) is 24.3 Å². The van der Waals surface area contributed by atoms with E-state index in [0.717, 1.165) is 6.92 Å². The number of hydroxylamine groups is 2. The molecular weight excluding hydrogens is 499 g/mol. The molecule has 0 aliphatic carbocycles. The number of amides is 4. The second-order valence-corrected chi connectivity index (χ2v) is 7.45. The Balaban J connectivity index is 0.00000410. The summed E-state index contributed by atoms with van der Waals surface area (Å²) in [5.74, 6) is -3.88. The smallest absolute Gasteiger partial charge is 0.373 e. The standard InChI is InChI=1S/C21H29FN4O8.CO2/c1-13(22)18(29)25-15-7-5-14(6-8-15)19(30)23-11-3-2-4-12-24-21(33)26(34)16(20(31)32)9-10-17(27)28;2-1-3/h5-8,13,16,34H,2-4,9-12H2,1H3,(H,23,30)(H,24,33)(H,25,29)(H,27,28)(H,31,32);/t13?,16-;/m0./s1. The SMILES string of the molecule is CC(F)C(=O)Nc1ccc(C(=O)NCCCCCNC(=O)N(O)[C@@H](CCC(=O)O)C(=O)O)cc1.O=C=O. The first-order chi connectivity index (χ1) is 17.4. The largest absolute Gasteiger partial charge is 0.481 e. The number of rotatable bonds is 14. The van der Waals surface area contributed by atoms with Crippen molar-refractivity contribution in [2.75, 3.05) is 18.4 Å². The number of nitrogens with one attached hydrogen (secondary N) is 3. The number of halogens is 1. The van der Waals surface area contributed by atoms with Gasteiger partial charge in [-0.05, 0) is 56.9 Å². The number of nitrogens with zero attached hydrogens (tertiary/aromatic N) is 1. The summed E-state index contributed by atoms with van der Waals surface area (Å²) >= 11 is 0. The molecule has 0 saturated heterocycles. The number of carbonyl (C=O) groups is 5. The highest BCUT2D eigenvalue weighted by molar-refractivity contribution is 5.96. The fraction of sp³-hybridized carbons (Fsp3) is 0.455. The van der Waals surface area contributed by atoms with Crippen LogP contribution in [-0.2, 0) is 24.0 Å². The van der Waals surface area contributed by atoms with Gasteiger partial charge in [0.25, 0.3) is 11.8 Å². The van der Waals surface area contributed by atoms with Crippen molar-refractivity contribution < 1.29 is 53.4 Å². The second-order valence-electron chi connectivity index (χ2n) is 7.45. The summed E-state index contributed by atoms with van der Waals surface area (Å²) in [6.07, 6.45) is -0.675. The lowest BCUT2D eigenvalue weighted by molar-refractivity contribution is -0.191. The minimum absolute atomic E-state index is 0.0274. The van der Waals surface area contributed by atoms with E-state index < -0.39 is 48.9 Å². The number of anilines is 1. The average molecular weight is 528 g/mol. The average Bonchev–Trinajstić information content (AvgIpc) is 2.83. The van der Waals surface area contributed by atoms with Crippen LogP contribution in [0.15, 0.2) is 24.3 Å². The third-order valence-corrected chi connectivity index (χ3v) is 4.61. The Labute approximate surface area is 210 Å². The molecule has 0 radical (unpaired) electrons. The maximum atomic E-state index is 12.9. The fourth-order valence-corrected chi connectivity index (χ4v) is 2.71. The number of carboxylic acids is 2. The third-order valence-electron chi connectivity index (χ3n) is 4.61. The summed E-state index contributed by atoms with van der Waals surface area (Å²) in [7, 11) is 0. The number of carboxylic acid groups (broad SMARTS) is 2. The van der Waals surface area contributed by atoms with Crippen LogP contribution in [0.4, 0.5) is 14.9 Å². The van der Waals surface area contributed by atoms with Gasteiger partial charge in [0.1, 0.15) is 0 Å². The van der Waals surface area contributed by atoms with Gasteiger partial charge in [-0.3, -0.25) is 19.6 Å². The Morgan fingerprint density at radius 3 is 2.00 bits per heavy atom. The number of hydrogen-bond donors (Lipinski definition) is 6. The number of benzene rings is 1. The summed E-state index contributed by atoms with van der Waals surface area (Å²) in [5.41, 5.74) is 0.726. The minimum atomic E-state index is -1.68. The van der Waals surface area contributed by atoms with E-state index in [9.17, 15) is 33.6 Å². The summed E-state index contributed by atoms with van der Waals surface area (Å²) in [5, 5.41) is 34.8. The first-order valence-corrected chi connectivity index (χ1v) is 11.0. The van der Waals surface area contributed by atoms with Gasteiger partial charge >= 0.3 is 24.1 Å². The van der Waals surface area contributed by atoms with Crippen LogP contribution in [0.25, 0.3) is 0 Å². The second kappa shape index (κ2) is 18.0. The highest BCUT2D eigenvalue weighted by Crippen LogP contribution is 2.11. The zero-order valence-corrected chi connectivity index (χ0v) is 19.9. The summed E-state index contributed by atoms with van der Waals surface area (Å²) < 4.78 is 12.9. The van der Waals surface area contributed by atoms with Crippen LogP contribution >= 0.6 is 0 Å². The normalized spacial score (nSPS) is 11.4. The molecule has 2 atom stereocenters. The Morgan fingerprint density at radius 1 is 0.973 bits per heavy atom. The number of carbonyl (C=O) groups excluding carboxylic acids is 5. The lowest BCUT2D eigenvalue weighted by Crippen LogP contribution is -2.48. The molecule has 0 spiro atoms. The van der Waals surface area contributed by atoms with Gasteiger partial charge in [-0.25, -0.2) is 14.0 Å². The van der Waals surface area contributed by atoms with Crippen molar-refractivity contribution in [3.63, 3.8) is 0 Å². The molecular formula is C22H29FN4O10. The molecule has 4 amide bonds. The maximum absolute atomic E-state index is 12.9. The van der Waals surface area contributed by atoms with Crippen LogP contribution in [0.3, 0.4) is 0 Å². The molecule has 1 aromatic carbocycles. The number of unbranched alkanes of at least 4 members (excludes halogenated alkanes) is 2. The van der Waals surface area contributed by atoms with E-state index in [4.69, 9.17) is 19.8 Å². The highest BCUT2D eigenvalue weighted by atomic mass is 19.1. The summed E-state index contributed by atoms with van der Waals surface area (Å²) in [6.45, 7) is 1.61.